The Hall–Kier alpha value is -4.86. The van der Waals surface area contributed by atoms with E-state index in [1.54, 1.807) is 5.56 Å². The lowest BCUT2D eigenvalue weighted by atomic mass is 9.67. The van der Waals surface area contributed by atoms with E-state index in [9.17, 15) is 10.5 Å². The average molecular weight is 700 g/mol. The van der Waals surface area contributed by atoms with Crippen LogP contribution < -0.4 is 0 Å². The molecule has 5 aromatic carbocycles. The molecule has 3 nitrogen and oxygen atoms in total. The third-order valence-electron chi connectivity index (χ3n) is 16.7. The van der Waals surface area contributed by atoms with Crippen molar-refractivity contribution in [2.45, 2.75) is 126 Å². The van der Waals surface area contributed by atoms with Crippen LogP contribution in [0.4, 0.5) is 0 Å². The molecule has 7 aromatic rings. The lowest BCUT2D eigenvalue weighted by Gasteiger charge is -2.36. The molecule has 13 rings (SSSR count). The highest BCUT2D eigenvalue weighted by Crippen LogP contribution is 2.66. The normalized spacial score (nSPS) is 22.1. The van der Waals surface area contributed by atoms with Crippen molar-refractivity contribution in [1.29, 1.82) is 10.5 Å². The Morgan fingerprint density at radius 2 is 1.24 bits per heavy atom. The molecule has 0 amide bonds. The second kappa shape index (κ2) is 9.68. The molecule has 0 N–H and O–H groups in total. The molecular weight excluding hydrogens is 655 g/mol. The zero-order valence-electron chi connectivity index (χ0n) is 31.6. The molecule has 264 valence electrons. The highest BCUT2D eigenvalue weighted by Gasteiger charge is 2.56. The summed E-state index contributed by atoms with van der Waals surface area (Å²) in [5.74, 6) is 0. The number of aromatic nitrogens is 1. The zero-order valence-corrected chi connectivity index (χ0v) is 31.6. The van der Waals surface area contributed by atoms with Gasteiger partial charge in [-0.15, -0.1) is 0 Å². The number of hydrogen-bond donors (Lipinski definition) is 0. The van der Waals surface area contributed by atoms with Crippen LogP contribution in [-0.2, 0) is 29.1 Å². The van der Waals surface area contributed by atoms with Gasteiger partial charge in [-0.3, -0.25) is 0 Å². The molecule has 6 aliphatic rings. The predicted octanol–water partition coefficient (Wildman–Crippen LogP) is 12.7. The Morgan fingerprint density at radius 3 is 1.96 bits per heavy atom. The number of rotatable bonds is 0. The summed E-state index contributed by atoms with van der Waals surface area (Å²) in [7, 11) is 0. The van der Waals surface area contributed by atoms with Crippen LogP contribution in [0.25, 0.3) is 60.0 Å². The van der Waals surface area contributed by atoms with E-state index in [0.717, 1.165) is 24.0 Å². The van der Waals surface area contributed by atoms with Gasteiger partial charge in [0.1, 0.15) is 0 Å². The topological polar surface area (TPSA) is 52.0 Å². The fraction of sp³-hybridized carbons (Fsp3) is 0.412. The molecule has 54 heavy (non-hydrogen) atoms. The van der Waals surface area contributed by atoms with E-state index >= 15 is 0 Å². The summed E-state index contributed by atoms with van der Waals surface area (Å²) < 4.78 is 2.58. The predicted molar refractivity (Wildman–Crippen MR) is 219 cm³/mol. The van der Waals surface area contributed by atoms with Crippen LogP contribution in [0.1, 0.15) is 142 Å². The van der Waals surface area contributed by atoms with Gasteiger partial charge in [-0.25, -0.2) is 0 Å². The molecule has 0 atom stereocenters. The van der Waals surface area contributed by atoms with Crippen molar-refractivity contribution >= 4 is 48.9 Å². The summed E-state index contributed by atoms with van der Waals surface area (Å²) in [4.78, 5) is 0. The minimum Gasteiger partial charge on any atom is -0.308 e. The van der Waals surface area contributed by atoms with Crippen molar-refractivity contribution in [3.8, 4) is 23.3 Å². The first-order chi connectivity index (χ1) is 26.3. The van der Waals surface area contributed by atoms with Gasteiger partial charge in [0, 0.05) is 27.0 Å². The average Bonchev–Trinajstić information content (AvgIpc) is 4.05. The van der Waals surface area contributed by atoms with Crippen molar-refractivity contribution < 1.29 is 0 Å². The summed E-state index contributed by atoms with van der Waals surface area (Å²) in [6.07, 6.45) is 18.5. The molecule has 2 heterocycles. The molecule has 0 bridgehead atoms. The van der Waals surface area contributed by atoms with Crippen LogP contribution in [0.3, 0.4) is 0 Å². The van der Waals surface area contributed by atoms with Crippen molar-refractivity contribution in [2.75, 3.05) is 0 Å². The fourth-order valence-corrected chi connectivity index (χ4v) is 14.8. The van der Waals surface area contributed by atoms with Gasteiger partial charge in [0.25, 0.3) is 0 Å². The zero-order chi connectivity index (χ0) is 35.9. The van der Waals surface area contributed by atoms with Crippen LogP contribution in [0, 0.1) is 28.1 Å². The van der Waals surface area contributed by atoms with E-state index in [-0.39, 0.29) is 16.2 Å². The first-order valence-electron chi connectivity index (χ1n) is 21.1. The molecule has 3 fully saturated rings. The minimum absolute atomic E-state index is 0.114. The third-order valence-corrected chi connectivity index (χ3v) is 16.7. The van der Waals surface area contributed by atoms with Crippen molar-refractivity contribution in [3.05, 3.63) is 99.1 Å². The quantitative estimate of drug-likeness (QED) is 0.158. The first kappa shape index (κ1) is 30.5. The number of nitriles is 2. The van der Waals surface area contributed by atoms with Gasteiger partial charge >= 0.3 is 0 Å². The van der Waals surface area contributed by atoms with E-state index in [4.69, 9.17) is 0 Å². The van der Waals surface area contributed by atoms with Gasteiger partial charge in [0.2, 0.25) is 0 Å². The molecule has 3 spiro atoms. The van der Waals surface area contributed by atoms with Gasteiger partial charge in [-0.1, -0.05) is 88.8 Å². The number of hydrogen-bond acceptors (Lipinski definition) is 2. The van der Waals surface area contributed by atoms with Crippen molar-refractivity contribution in [3.63, 3.8) is 0 Å². The fourth-order valence-electron chi connectivity index (χ4n) is 14.8. The van der Waals surface area contributed by atoms with E-state index in [1.807, 2.05) is 0 Å². The van der Waals surface area contributed by atoms with Gasteiger partial charge in [-0.2, -0.15) is 10.5 Å². The molecule has 0 radical (unpaired) electrons. The summed E-state index contributed by atoms with van der Waals surface area (Å²) >= 11 is 0. The smallest absolute Gasteiger partial charge is 0.0995 e. The SMILES string of the molecule is CC1(C)c2cc3c4c5c(c(C#N)cc4n4c6cc(C#N)c7c(c6c(c2-c2cccc6cccc1c26)c34)C1(CCCC1)CC71CCCC1)CC1(CCCC1)C5. The lowest BCUT2D eigenvalue weighted by molar-refractivity contribution is 0.318. The standard InChI is InChI=1S/C51H45N3/c1-48(2)36-14-10-12-29-11-9-13-32(40(29)36)42-37(48)23-33-41-35-25-49(15-3-4-16-49)24-34(35)30(26-52)21-38(41)54-39-22-31(27-53)45-46(43(39)44(42)47(33)54)51(19-7-8-20-51)28-50(45)17-5-6-18-50/h9-14,21-23H,3-8,15-20,24-25,28H2,1-2H3. The van der Waals surface area contributed by atoms with Gasteiger partial charge in [-0.05, 0) is 148 Å². The summed E-state index contributed by atoms with van der Waals surface area (Å²) in [5.41, 5.74) is 17.2. The van der Waals surface area contributed by atoms with Crippen molar-refractivity contribution in [2.24, 2.45) is 5.41 Å². The van der Waals surface area contributed by atoms with Crippen LogP contribution in [0.5, 0.6) is 0 Å². The Bertz CT molecular complexity index is 2970. The Morgan fingerprint density at radius 1 is 0.611 bits per heavy atom. The van der Waals surface area contributed by atoms with Gasteiger partial charge < -0.3 is 4.40 Å². The maximum atomic E-state index is 11.2. The lowest BCUT2D eigenvalue weighted by Crippen LogP contribution is -2.24. The van der Waals surface area contributed by atoms with Gasteiger partial charge in [0.15, 0.2) is 0 Å². The molecule has 2 aromatic heterocycles. The van der Waals surface area contributed by atoms with Gasteiger partial charge in [0.05, 0.1) is 39.8 Å². The molecular formula is C51H45N3. The number of nitrogens with zero attached hydrogens (tertiary/aromatic N) is 3. The molecule has 0 saturated heterocycles. The minimum atomic E-state index is -0.207. The molecule has 3 heteroatoms. The van der Waals surface area contributed by atoms with E-state index in [0.29, 0.717) is 5.41 Å². The largest absolute Gasteiger partial charge is 0.308 e. The monoisotopic (exact) mass is 699 g/mol. The summed E-state index contributed by atoms with van der Waals surface area (Å²) in [6.45, 7) is 4.93. The highest BCUT2D eigenvalue weighted by molar-refractivity contribution is 6.31. The second-order valence-corrected chi connectivity index (χ2v) is 19.5. The second-order valence-electron chi connectivity index (χ2n) is 19.5. The van der Waals surface area contributed by atoms with E-state index < -0.39 is 0 Å². The molecule has 0 aliphatic heterocycles. The van der Waals surface area contributed by atoms with Crippen LogP contribution in [0.2, 0.25) is 0 Å². The third kappa shape index (κ3) is 3.31. The van der Waals surface area contributed by atoms with Crippen LogP contribution >= 0.6 is 0 Å². The molecule has 6 aliphatic carbocycles. The molecule has 3 saturated carbocycles. The molecule has 0 unspecified atom stereocenters. The van der Waals surface area contributed by atoms with E-state index in [2.05, 4.69) is 85.0 Å². The number of fused-ring (bicyclic) bond motifs is 15. The van der Waals surface area contributed by atoms with Crippen LogP contribution in [0.15, 0.2) is 54.6 Å². The highest BCUT2D eigenvalue weighted by atomic mass is 14.9. The Balaban J connectivity index is 1.31. The maximum Gasteiger partial charge on any atom is 0.0995 e. The Labute approximate surface area is 316 Å². The summed E-state index contributed by atoms with van der Waals surface area (Å²) in [5, 5.41) is 30.3. The maximum absolute atomic E-state index is 11.2. The first-order valence-corrected chi connectivity index (χ1v) is 21.1. The summed E-state index contributed by atoms with van der Waals surface area (Å²) in [6, 6.07) is 26.7. The number of benzene rings is 5. The Kier molecular flexibility index (Phi) is 5.46. The van der Waals surface area contributed by atoms with Crippen LogP contribution in [-0.4, -0.2) is 4.40 Å². The van der Waals surface area contributed by atoms with E-state index in [1.165, 1.54) is 171 Å². The van der Waals surface area contributed by atoms with Crippen molar-refractivity contribution in [1.82, 2.24) is 4.40 Å².